The summed E-state index contributed by atoms with van der Waals surface area (Å²) in [6, 6.07) is 1.86. The van der Waals surface area contributed by atoms with Gasteiger partial charge in [-0.15, -0.1) is 0 Å². The highest BCUT2D eigenvalue weighted by Gasteiger charge is 2.05. The molecule has 0 unspecified atom stereocenters. The molecular formula is C7H7BrN4O. The molecule has 0 N–H and O–H groups in total. The third kappa shape index (κ3) is 1.77. The Bertz CT molecular complexity index is 408. The molecular weight excluding hydrogens is 236 g/mol. The van der Waals surface area contributed by atoms with E-state index in [0.29, 0.717) is 6.54 Å². The van der Waals surface area contributed by atoms with Gasteiger partial charge in [-0.25, -0.2) is 4.63 Å². The van der Waals surface area contributed by atoms with Crippen molar-refractivity contribution in [2.45, 2.75) is 13.5 Å². The van der Waals surface area contributed by atoms with Crippen LogP contribution in [0.25, 0.3) is 0 Å². The Morgan fingerprint density at radius 3 is 2.92 bits per heavy atom. The maximum absolute atomic E-state index is 4.57. The molecule has 5 nitrogen and oxygen atoms in total. The first-order valence-corrected chi connectivity index (χ1v) is 4.52. The van der Waals surface area contributed by atoms with E-state index in [1.165, 1.54) is 0 Å². The van der Waals surface area contributed by atoms with E-state index in [4.69, 9.17) is 0 Å². The summed E-state index contributed by atoms with van der Waals surface area (Å²) in [6.07, 6.45) is 1.86. The number of aromatic nitrogens is 4. The van der Waals surface area contributed by atoms with Crippen molar-refractivity contribution in [1.29, 1.82) is 0 Å². The minimum absolute atomic E-state index is 0.584. The van der Waals surface area contributed by atoms with Crippen LogP contribution in [0.5, 0.6) is 0 Å². The van der Waals surface area contributed by atoms with E-state index >= 15 is 0 Å². The molecule has 2 rings (SSSR count). The van der Waals surface area contributed by atoms with Gasteiger partial charge in [0.2, 0.25) is 0 Å². The Morgan fingerprint density at radius 2 is 2.38 bits per heavy atom. The molecule has 0 saturated carbocycles. The van der Waals surface area contributed by atoms with Gasteiger partial charge in [-0.3, -0.25) is 4.68 Å². The second-order valence-corrected chi connectivity index (χ2v) is 3.44. The zero-order valence-electron chi connectivity index (χ0n) is 6.94. The molecule has 0 fully saturated rings. The van der Waals surface area contributed by atoms with Crippen molar-refractivity contribution < 1.29 is 4.63 Å². The molecule has 0 aliphatic heterocycles. The van der Waals surface area contributed by atoms with Crippen molar-refractivity contribution in [2.24, 2.45) is 0 Å². The molecule has 0 aliphatic rings. The smallest absolute Gasteiger partial charge is 0.129 e. The first-order chi connectivity index (χ1) is 6.25. The van der Waals surface area contributed by atoms with Crippen LogP contribution in [0.15, 0.2) is 21.5 Å². The first-order valence-electron chi connectivity index (χ1n) is 3.72. The maximum Gasteiger partial charge on any atom is 0.129 e. The van der Waals surface area contributed by atoms with Crippen LogP contribution in [-0.2, 0) is 6.54 Å². The quantitative estimate of drug-likeness (QED) is 0.799. The van der Waals surface area contributed by atoms with Crippen LogP contribution in [0, 0.1) is 6.92 Å². The van der Waals surface area contributed by atoms with Gasteiger partial charge in [0.1, 0.15) is 16.0 Å². The third-order valence-corrected chi connectivity index (χ3v) is 2.09. The molecule has 13 heavy (non-hydrogen) atoms. The summed E-state index contributed by atoms with van der Waals surface area (Å²) in [4.78, 5) is 0. The lowest BCUT2D eigenvalue weighted by Crippen LogP contribution is -2.01. The fraction of sp³-hybridized carbons (Fsp3) is 0.286. The molecule has 0 saturated heterocycles. The van der Waals surface area contributed by atoms with Crippen LogP contribution < -0.4 is 0 Å². The Balaban J connectivity index is 2.19. The molecule has 0 spiro atoms. The molecule has 0 radical (unpaired) electrons. The van der Waals surface area contributed by atoms with Crippen LogP contribution in [-0.4, -0.2) is 20.1 Å². The van der Waals surface area contributed by atoms with Gasteiger partial charge in [-0.2, -0.15) is 5.10 Å². The van der Waals surface area contributed by atoms with Crippen molar-refractivity contribution in [1.82, 2.24) is 20.1 Å². The Labute approximate surface area is 82.8 Å². The van der Waals surface area contributed by atoms with Crippen LogP contribution in [0.1, 0.15) is 11.4 Å². The van der Waals surface area contributed by atoms with E-state index in [2.05, 4.69) is 36.0 Å². The number of hydrogen-bond donors (Lipinski definition) is 0. The van der Waals surface area contributed by atoms with E-state index in [9.17, 15) is 0 Å². The SMILES string of the molecule is Cc1nonc1Cn1ccc(Br)n1. The summed E-state index contributed by atoms with van der Waals surface area (Å²) in [5, 5.41) is 11.6. The fourth-order valence-electron chi connectivity index (χ4n) is 0.971. The molecule has 6 heteroatoms. The van der Waals surface area contributed by atoms with Crippen molar-refractivity contribution in [3.8, 4) is 0 Å². The standard InChI is InChI=1S/C7H7BrN4O/c1-5-6(11-13-10-5)4-12-3-2-7(8)9-12/h2-3H,4H2,1H3. The summed E-state index contributed by atoms with van der Waals surface area (Å²) < 4.78 is 7.14. The Hall–Kier alpha value is -1.17. The van der Waals surface area contributed by atoms with E-state index in [1.54, 1.807) is 4.68 Å². The lowest BCUT2D eigenvalue weighted by atomic mass is 10.3. The number of halogens is 1. The molecule has 2 aromatic rings. The van der Waals surface area contributed by atoms with E-state index in [-0.39, 0.29) is 0 Å². The van der Waals surface area contributed by atoms with Crippen LogP contribution in [0.4, 0.5) is 0 Å². The Kier molecular flexibility index (Phi) is 2.13. The molecule has 0 atom stereocenters. The van der Waals surface area contributed by atoms with E-state index < -0.39 is 0 Å². The van der Waals surface area contributed by atoms with Gasteiger partial charge in [-0.1, -0.05) is 10.3 Å². The average molecular weight is 243 g/mol. The zero-order chi connectivity index (χ0) is 9.26. The number of rotatable bonds is 2. The topological polar surface area (TPSA) is 56.7 Å². The first kappa shape index (κ1) is 8.43. The predicted molar refractivity (Wildman–Crippen MR) is 48.1 cm³/mol. The second kappa shape index (κ2) is 3.29. The lowest BCUT2D eigenvalue weighted by Gasteiger charge is -1.95. The summed E-state index contributed by atoms with van der Waals surface area (Å²) in [7, 11) is 0. The van der Waals surface area contributed by atoms with Crippen molar-refractivity contribution in [2.75, 3.05) is 0 Å². The van der Waals surface area contributed by atoms with E-state index in [1.807, 2.05) is 19.2 Å². The van der Waals surface area contributed by atoms with Crippen molar-refractivity contribution >= 4 is 15.9 Å². The lowest BCUT2D eigenvalue weighted by molar-refractivity contribution is 0.300. The second-order valence-electron chi connectivity index (χ2n) is 2.63. The summed E-state index contributed by atoms with van der Waals surface area (Å²) in [5.41, 5.74) is 1.60. The largest absolute Gasteiger partial charge is 0.265 e. The van der Waals surface area contributed by atoms with Gasteiger partial charge in [0, 0.05) is 6.20 Å². The van der Waals surface area contributed by atoms with Gasteiger partial charge in [0.15, 0.2) is 0 Å². The molecule has 2 heterocycles. The monoisotopic (exact) mass is 242 g/mol. The van der Waals surface area contributed by atoms with Gasteiger partial charge in [-0.05, 0) is 28.9 Å². The minimum Gasteiger partial charge on any atom is -0.265 e. The highest BCUT2D eigenvalue weighted by molar-refractivity contribution is 9.10. The summed E-state index contributed by atoms with van der Waals surface area (Å²) in [5.74, 6) is 0. The minimum atomic E-state index is 0.584. The van der Waals surface area contributed by atoms with Crippen LogP contribution in [0.2, 0.25) is 0 Å². The number of nitrogens with zero attached hydrogens (tertiary/aromatic N) is 4. The highest BCUT2D eigenvalue weighted by Crippen LogP contribution is 2.07. The molecule has 0 aromatic carbocycles. The molecule has 2 aromatic heterocycles. The Morgan fingerprint density at radius 1 is 1.54 bits per heavy atom. The predicted octanol–water partition coefficient (Wildman–Crippen LogP) is 1.39. The molecule has 0 aliphatic carbocycles. The third-order valence-electron chi connectivity index (χ3n) is 1.67. The van der Waals surface area contributed by atoms with Gasteiger partial charge >= 0.3 is 0 Å². The maximum atomic E-state index is 4.57. The van der Waals surface area contributed by atoms with E-state index in [0.717, 1.165) is 16.0 Å². The van der Waals surface area contributed by atoms with Gasteiger partial charge < -0.3 is 0 Å². The number of hydrogen-bond acceptors (Lipinski definition) is 4. The molecule has 0 bridgehead atoms. The van der Waals surface area contributed by atoms with Crippen LogP contribution >= 0.6 is 15.9 Å². The summed E-state index contributed by atoms with van der Waals surface area (Å²) >= 11 is 3.26. The summed E-state index contributed by atoms with van der Waals surface area (Å²) in [6.45, 7) is 2.44. The van der Waals surface area contributed by atoms with Gasteiger partial charge in [0.25, 0.3) is 0 Å². The average Bonchev–Trinajstić information content (AvgIpc) is 2.64. The normalized spacial score (nSPS) is 10.6. The zero-order valence-corrected chi connectivity index (χ0v) is 8.52. The van der Waals surface area contributed by atoms with Crippen molar-refractivity contribution in [3.63, 3.8) is 0 Å². The molecule has 0 amide bonds. The van der Waals surface area contributed by atoms with Crippen molar-refractivity contribution in [3.05, 3.63) is 28.3 Å². The van der Waals surface area contributed by atoms with Crippen LogP contribution in [0.3, 0.4) is 0 Å². The highest BCUT2D eigenvalue weighted by atomic mass is 79.9. The number of aryl methyl sites for hydroxylation is 1. The van der Waals surface area contributed by atoms with Gasteiger partial charge in [0.05, 0.1) is 6.54 Å². The fourth-order valence-corrected chi connectivity index (χ4v) is 1.29. The molecule has 68 valence electrons.